The number of amidine groups is 1. The zero-order valence-corrected chi connectivity index (χ0v) is 7.25. The monoisotopic (exact) mass is 196 g/mol. The quantitative estimate of drug-likeness (QED) is 0.566. The fourth-order valence-electron chi connectivity index (χ4n) is 0.988. The van der Waals surface area contributed by atoms with Gasteiger partial charge in [-0.25, -0.2) is 9.98 Å². The number of hydrogen-bond acceptors (Lipinski definition) is 4. The highest BCUT2D eigenvalue weighted by Crippen LogP contribution is 2.11. The van der Waals surface area contributed by atoms with Gasteiger partial charge in [-0.3, -0.25) is 9.59 Å². The zero-order valence-electron chi connectivity index (χ0n) is 6.43. The van der Waals surface area contributed by atoms with Gasteiger partial charge in [-0.05, 0) is 0 Å². The van der Waals surface area contributed by atoms with E-state index < -0.39 is 0 Å². The average Bonchev–Trinajstić information content (AvgIpc) is 2.07. The Morgan fingerprint density at radius 1 is 1.23 bits per heavy atom. The normalized spacial score (nSPS) is 18.8. The number of ketones is 2. The number of aliphatic imine (C=N–C) groups is 2. The molecule has 0 aromatic carbocycles. The predicted octanol–water partition coefficient (Wildman–Crippen LogP) is 0.483. The van der Waals surface area contributed by atoms with Crippen molar-refractivity contribution in [3.05, 3.63) is 23.9 Å². The van der Waals surface area contributed by atoms with E-state index in [9.17, 15) is 9.59 Å². The van der Waals surface area contributed by atoms with Crippen molar-refractivity contribution in [1.29, 1.82) is 0 Å². The van der Waals surface area contributed by atoms with Gasteiger partial charge in [0.25, 0.3) is 0 Å². The first-order valence-electron chi connectivity index (χ1n) is 3.36. The van der Waals surface area contributed by atoms with E-state index in [0.717, 1.165) is 6.21 Å². The van der Waals surface area contributed by atoms with Crippen LogP contribution in [0.15, 0.2) is 33.9 Å². The third-order valence-corrected chi connectivity index (χ3v) is 1.53. The van der Waals surface area contributed by atoms with Crippen LogP contribution in [-0.2, 0) is 9.59 Å². The van der Waals surface area contributed by atoms with Crippen molar-refractivity contribution in [2.45, 2.75) is 0 Å². The number of hydrogen-bond donors (Lipinski definition) is 0. The van der Waals surface area contributed by atoms with Crippen LogP contribution in [0.25, 0.3) is 0 Å². The largest absolute Gasteiger partial charge is 0.289 e. The van der Waals surface area contributed by atoms with Gasteiger partial charge < -0.3 is 0 Å². The second-order valence-electron chi connectivity index (χ2n) is 2.35. The molecule has 0 saturated carbocycles. The van der Waals surface area contributed by atoms with E-state index in [1.54, 1.807) is 0 Å². The Balaban J connectivity index is 0.000000845. The molecule has 0 amide bonds. The number of carbonyl (C=O) groups excluding carboxylic acids is 2. The maximum absolute atomic E-state index is 11.1. The van der Waals surface area contributed by atoms with E-state index in [1.807, 2.05) is 0 Å². The fraction of sp³-hybridized carbons (Fsp3) is 0. The van der Waals surface area contributed by atoms with Crippen molar-refractivity contribution in [3.63, 3.8) is 0 Å². The molecule has 5 heteroatoms. The Bertz CT molecular complexity index is 391. The van der Waals surface area contributed by atoms with Crippen molar-refractivity contribution in [1.82, 2.24) is 0 Å². The van der Waals surface area contributed by atoms with Gasteiger partial charge in [0.05, 0.1) is 11.8 Å². The van der Waals surface area contributed by atoms with Gasteiger partial charge in [0.1, 0.15) is 0 Å². The average molecular weight is 197 g/mol. The lowest BCUT2D eigenvalue weighted by molar-refractivity contribution is -0.112. The third kappa shape index (κ3) is 1.62. The molecular weight excluding hydrogens is 192 g/mol. The number of rotatable bonds is 0. The Labute approximate surface area is 80.2 Å². The summed E-state index contributed by atoms with van der Waals surface area (Å²) in [6.07, 6.45) is 5.08. The fourth-order valence-corrected chi connectivity index (χ4v) is 0.988. The van der Waals surface area contributed by atoms with E-state index in [2.05, 4.69) is 9.98 Å². The van der Waals surface area contributed by atoms with Crippen molar-refractivity contribution in [2.24, 2.45) is 9.98 Å². The summed E-state index contributed by atoms with van der Waals surface area (Å²) >= 11 is 0. The molecule has 0 bridgehead atoms. The van der Waals surface area contributed by atoms with Gasteiger partial charge >= 0.3 is 0 Å². The van der Waals surface area contributed by atoms with Crippen LogP contribution in [0.5, 0.6) is 0 Å². The standard InChI is InChI=1S/C8H4N2O2.ClH/c11-5-3-6-7(12)1-2-9-8(6)10-4-5;/h1-4H;1H. The van der Waals surface area contributed by atoms with Crippen LogP contribution in [0.1, 0.15) is 0 Å². The molecule has 2 aliphatic rings. The first-order valence-corrected chi connectivity index (χ1v) is 3.36. The molecule has 2 heterocycles. The summed E-state index contributed by atoms with van der Waals surface area (Å²) in [5, 5.41) is 0. The second-order valence-corrected chi connectivity index (χ2v) is 2.35. The van der Waals surface area contributed by atoms with Crippen molar-refractivity contribution < 1.29 is 9.59 Å². The van der Waals surface area contributed by atoms with Crippen LogP contribution in [0.2, 0.25) is 0 Å². The highest BCUT2D eigenvalue weighted by atomic mass is 35.5. The van der Waals surface area contributed by atoms with Gasteiger partial charge in [0, 0.05) is 18.4 Å². The molecule has 0 spiro atoms. The Morgan fingerprint density at radius 2 is 2.00 bits per heavy atom. The molecule has 2 aliphatic heterocycles. The summed E-state index contributed by atoms with van der Waals surface area (Å²) in [4.78, 5) is 29.5. The Hall–Kier alpha value is -1.55. The molecule has 0 unspecified atom stereocenters. The molecular formula is C8H5ClN2O2. The van der Waals surface area contributed by atoms with Gasteiger partial charge in [-0.15, -0.1) is 12.4 Å². The minimum atomic E-state index is -0.271. The minimum absolute atomic E-state index is 0. The smallest absolute Gasteiger partial charge is 0.197 e. The van der Waals surface area contributed by atoms with Gasteiger partial charge in [0.2, 0.25) is 0 Å². The highest BCUT2D eigenvalue weighted by molar-refractivity contribution is 6.43. The van der Waals surface area contributed by atoms with Crippen molar-refractivity contribution >= 4 is 36.0 Å². The van der Waals surface area contributed by atoms with Crippen molar-refractivity contribution in [2.75, 3.05) is 0 Å². The minimum Gasteiger partial charge on any atom is -0.289 e. The lowest BCUT2D eigenvalue weighted by Crippen LogP contribution is -2.18. The first-order chi connectivity index (χ1) is 5.77. The number of dihydropyridines is 1. The molecule has 66 valence electrons. The topological polar surface area (TPSA) is 58.9 Å². The first kappa shape index (κ1) is 9.54. The number of carbonyl (C=O) groups is 2. The third-order valence-electron chi connectivity index (χ3n) is 1.53. The molecule has 13 heavy (non-hydrogen) atoms. The van der Waals surface area contributed by atoms with E-state index in [-0.39, 0.29) is 29.5 Å². The molecule has 0 fully saturated rings. The number of fused-ring (bicyclic) bond motifs is 1. The maximum atomic E-state index is 11.1. The van der Waals surface area contributed by atoms with E-state index in [1.165, 1.54) is 18.4 Å². The summed E-state index contributed by atoms with van der Waals surface area (Å²) < 4.78 is 0. The highest BCUT2D eigenvalue weighted by Gasteiger charge is 2.19. The molecule has 0 radical (unpaired) electrons. The molecule has 4 nitrogen and oxygen atoms in total. The molecule has 0 aromatic heterocycles. The number of nitrogens with zero attached hydrogens (tertiary/aromatic N) is 2. The predicted molar refractivity (Wildman–Crippen MR) is 50.4 cm³/mol. The zero-order chi connectivity index (χ0) is 8.55. The van der Waals surface area contributed by atoms with Crippen molar-refractivity contribution in [3.8, 4) is 0 Å². The summed E-state index contributed by atoms with van der Waals surface area (Å²) in [5.74, 6) is -0.167. The van der Waals surface area contributed by atoms with E-state index >= 15 is 0 Å². The second kappa shape index (κ2) is 3.45. The van der Waals surface area contributed by atoms with Gasteiger partial charge in [-0.2, -0.15) is 0 Å². The summed E-state index contributed by atoms with van der Waals surface area (Å²) in [6, 6.07) is 0. The Morgan fingerprint density at radius 3 is 2.77 bits per heavy atom. The van der Waals surface area contributed by atoms with Crippen LogP contribution in [-0.4, -0.2) is 23.6 Å². The van der Waals surface area contributed by atoms with Crippen LogP contribution < -0.4 is 0 Å². The lowest BCUT2D eigenvalue weighted by Gasteiger charge is -2.08. The van der Waals surface area contributed by atoms with Crippen LogP contribution in [0.3, 0.4) is 0 Å². The van der Waals surface area contributed by atoms with E-state index in [4.69, 9.17) is 0 Å². The number of allylic oxidation sites excluding steroid dienone is 2. The summed E-state index contributed by atoms with van der Waals surface area (Å²) in [5.41, 5.74) is 0.282. The van der Waals surface area contributed by atoms with Crippen LogP contribution in [0.4, 0.5) is 0 Å². The van der Waals surface area contributed by atoms with Crippen LogP contribution >= 0.6 is 12.4 Å². The molecule has 0 atom stereocenters. The van der Waals surface area contributed by atoms with E-state index in [0.29, 0.717) is 5.84 Å². The van der Waals surface area contributed by atoms with Gasteiger partial charge in [0.15, 0.2) is 17.4 Å². The molecule has 0 saturated heterocycles. The Kier molecular flexibility index (Phi) is 2.53. The number of halogens is 1. The molecule has 0 N–H and O–H groups in total. The summed E-state index contributed by atoms with van der Waals surface area (Å²) in [7, 11) is 0. The maximum Gasteiger partial charge on any atom is 0.197 e. The molecule has 0 aliphatic carbocycles. The lowest BCUT2D eigenvalue weighted by atomic mass is 10.1. The SMILES string of the molecule is Cl.O=C1C=NC2=NC=CC(=O)C2=C1. The molecule has 2 rings (SSSR count). The van der Waals surface area contributed by atoms with Gasteiger partial charge in [-0.1, -0.05) is 0 Å². The summed E-state index contributed by atoms with van der Waals surface area (Å²) in [6.45, 7) is 0. The molecule has 0 aromatic rings. The van der Waals surface area contributed by atoms with Crippen LogP contribution in [0, 0.1) is 0 Å².